The van der Waals surface area contributed by atoms with E-state index in [4.69, 9.17) is 20.2 Å². The molecule has 0 radical (unpaired) electrons. The van der Waals surface area contributed by atoms with Gasteiger partial charge in [-0.05, 0) is 60.9 Å². The summed E-state index contributed by atoms with van der Waals surface area (Å²) in [5.74, 6) is 0.841. The van der Waals surface area contributed by atoms with Crippen molar-refractivity contribution in [2.45, 2.75) is 19.4 Å². The summed E-state index contributed by atoms with van der Waals surface area (Å²) < 4.78 is 4.10. The van der Waals surface area contributed by atoms with Gasteiger partial charge in [0.1, 0.15) is 12.1 Å². The van der Waals surface area contributed by atoms with E-state index in [0.29, 0.717) is 16.4 Å². The molecule has 9 rings (SSSR count). The third-order valence-electron chi connectivity index (χ3n) is 8.40. The summed E-state index contributed by atoms with van der Waals surface area (Å²) in [7, 11) is 0. The third-order valence-corrected chi connectivity index (χ3v) is 10.3. The molecule has 0 saturated carbocycles. The standard InChI is InChI=1S/C36H26N8OS2/c1-22-33(35(43(40-22)25-11-3-2-4-12-25)42-21-37-27-14-7-8-15-29(27)42)30-20-28(31-16-9-17-46-31)41-44(30)36-39-34(45)32(47-36)19-24-18-23-10-5-6-13-26(23)38-24/h2-19,21,30,45H,20H2,1H3. The summed E-state index contributed by atoms with van der Waals surface area (Å²) in [4.78, 5) is 15.8. The molecule has 1 unspecified atom stereocenters. The third kappa shape index (κ3) is 4.70. The summed E-state index contributed by atoms with van der Waals surface area (Å²) in [6, 6.07) is 30.1. The lowest BCUT2D eigenvalue weighted by atomic mass is 10.0. The van der Waals surface area contributed by atoms with Gasteiger partial charge in [-0.1, -0.05) is 65.9 Å². The Kier molecular flexibility index (Phi) is 6.47. The number of hydrogen-bond donors (Lipinski definition) is 1. The number of benzene rings is 3. The first-order chi connectivity index (χ1) is 23.1. The van der Waals surface area contributed by atoms with Crippen molar-refractivity contribution in [2.75, 3.05) is 5.01 Å². The number of aromatic nitrogens is 5. The van der Waals surface area contributed by atoms with Crippen molar-refractivity contribution in [3.05, 3.63) is 140 Å². The lowest BCUT2D eigenvalue weighted by molar-refractivity contribution is 0.455. The summed E-state index contributed by atoms with van der Waals surface area (Å²) in [5, 5.41) is 28.0. The van der Waals surface area contributed by atoms with Crippen LogP contribution >= 0.6 is 22.7 Å². The van der Waals surface area contributed by atoms with E-state index in [0.717, 1.165) is 60.7 Å². The molecule has 0 spiro atoms. The molecule has 0 bridgehead atoms. The number of fused-ring (bicyclic) bond motifs is 2. The van der Waals surface area contributed by atoms with Crippen LogP contribution in [-0.4, -0.2) is 35.1 Å². The molecule has 2 aliphatic rings. The van der Waals surface area contributed by atoms with E-state index < -0.39 is 0 Å². The number of hydrazone groups is 1. The lowest BCUT2D eigenvalue weighted by Gasteiger charge is -2.22. The van der Waals surface area contributed by atoms with E-state index in [1.165, 1.54) is 11.3 Å². The van der Waals surface area contributed by atoms with Gasteiger partial charge >= 0.3 is 0 Å². The van der Waals surface area contributed by atoms with Gasteiger partial charge in [0.15, 0.2) is 0 Å². The van der Waals surface area contributed by atoms with Crippen molar-refractivity contribution in [2.24, 2.45) is 10.1 Å². The maximum Gasteiger partial charge on any atom is 0.231 e. The van der Waals surface area contributed by atoms with Crippen LogP contribution in [0.4, 0.5) is 5.13 Å². The van der Waals surface area contributed by atoms with Crippen LogP contribution in [0.2, 0.25) is 0 Å². The molecule has 9 nitrogen and oxygen atoms in total. The molecule has 6 heterocycles. The number of hydrogen-bond acceptors (Lipinski definition) is 9. The van der Waals surface area contributed by atoms with Crippen LogP contribution in [0.25, 0.3) is 34.7 Å². The topological polar surface area (TPSA) is 96.7 Å². The molecule has 2 aliphatic heterocycles. The molecular weight excluding hydrogens is 625 g/mol. The number of aryl methyl sites for hydroxylation is 1. The minimum atomic E-state index is -0.251. The normalized spacial score (nSPS) is 16.4. The smallest absolute Gasteiger partial charge is 0.231 e. The van der Waals surface area contributed by atoms with Crippen LogP contribution in [0, 0.1) is 6.92 Å². The van der Waals surface area contributed by atoms with Gasteiger partial charge in [0.25, 0.3) is 0 Å². The second-order valence-electron chi connectivity index (χ2n) is 11.3. The quantitative estimate of drug-likeness (QED) is 0.220. The molecule has 228 valence electrons. The first-order valence-electron chi connectivity index (χ1n) is 15.2. The van der Waals surface area contributed by atoms with Gasteiger partial charge in [0, 0.05) is 17.2 Å². The minimum Gasteiger partial charge on any atom is -0.492 e. The highest BCUT2D eigenvalue weighted by atomic mass is 32.1. The van der Waals surface area contributed by atoms with Crippen molar-refractivity contribution < 1.29 is 5.11 Å². The van der Waals surface area contributed by atoms with Crippen LogP contribution < -0.4 is 15.6 Å². The fourth-order valence-electron chi connectivity index (χ4n) is 6.28. The van der Waals surface area contributed by atoms with E-state index in [2.05, 4.69) is 39.2 Å². The first kappa shape index (κ1) is 27.6. The van der Waals surface area contributed by atoms with Crippen molar-refractivity contribution in [3.63, 3.8) is 0 Å². The average Bonchev–Trinajstić information content (AvgIpc) is 3.94. The molecule has 7 aromatic rings. The van der Waals surface area contributed by atoms with Gasteiger partial charge in [-0.25, -0.2) is 19.7 Å². The van der Waals surface area contributed by atoms with Gasteiger partial charge in [-0.2, -0.15) is 15.2 Å². The number of allylic oxidation sites excluding steroid dienone is 1. The molecule has 47 heavy (non-hydrogen) atoms. The maximum absolute atomic E-state index is 11.1. The fraction of sp³-hybridized carbons (Fsp3) is 0.0833. The number of aromatic hydroxyl groups is 1. The second-order valence-corrected chi connectivity index (χ2v) is 13.3. The number of para-hydroxylation sites is 4. The predicted octanol–water partition coefficient (Wildman–Crippen LogP) is 6.55. The van der Waals surface area contributed by atoms with Gasteiger partial charge < -0.3 is 5.11 Å². The summed E-state index contributed by atoms with van der Waals surface area (Å²) >= 11 is 3.06. The Morgan fingerprint density at radius 3 is 2.62 bits per heavy atom. The number of nitrogens with zero attached hydrogens (tertiary/aromatic N) is 8. The molecule has 0 saturated heterocycles. The Bertz CT molecular complexity index is 2450. The highest BCUT2D eigenvalue weighted by molar-refractivity contribution is 7.16. The molecule has 1 atom stereocenters. The molecule has 0 amide bonds. The Morgan fingerprint density at radius 1 is 0.936 bits per heavy atom. The average molecular weight is 651 g/mol. The highest BCUT2D eigenvalue weighted by Crippen LogP contribution is 2.45. The molecule has 11 heteroatoms. The van der Waals surface area contributed by atoms with E-state index in [1.807, 2.05) is 102 Å². The first-order valence-corrected chi connectivity index (χ1v) is 16.9. The predicted molar refractivity (Wildman–Crippen MR) is 187 cm³/mol. The van der Waals surface area contributed by atoms with E-state index in [-0.39, 0.29) is 11.9 Å². The molecule has 4 aromatic heterocycles. The van der Waals surface area contributed by atoms with E-state index in [1.54, 1.807) is 11.3 Å². The van der Waals surface area contributed by atoms with Crippen LogP contribution in [0.3, 0.4) is 0 Å². The second kappa shape index (κ2) is 11.0. The number of rotatable bonds is 6. The fourth-order valence-corrected chi connectivity index (χ4v) is 7.91. The summed E-state index contributed by atoms with van der Waals surface area (Å²) in [6.07, 6.45) is 6.40. The largest absolute Gasteiger partial charge is 0.492 e. The Labute approximate surface area is 277 Å². The van der Waals surface area contributed by atoms with Crippen LogP contribution in [0.15, 0.2) is 118 Å². The van der Waals surface area contributed by atoms with Crippen molar-refractivity contribution in [1.82, 2.24) is 24.3 Å². The van der Waals surface area contributed by atoms with E-state index in [9.17, 15) is 5.11 Å². The highest BCUT2D eigenvalue weighted by Gasteiger charge is 2.38. The Morgan fingerprint density at radius 2 is 1.77 bits per heavy atom. The van der Waals surface area contributed by atoms with Gasteiger partial charge in [-0.15, -0.1) is 11.3 Å². The van der Waals surface area contributed by atoms with Gasteiger partial charge in [0.05, 0.1) is 55.0 Å². The monoisotopic (exact) mass is 650 g/mol. The Balaban J connectivity index is 1.21. The zero-order valence-electron chi connectivity index (χ0n) is 25.1. The molecule has 3 aromatic carbocycles. The number of thiophene rings is 1. The molecule has 1 N–H and O–H groups in total. The minimum absolute atomic E-state index is 0.0480. The maximum atomic E-state index is 11.1. The lowest BCUT2D eigenvalue weighted by Crippen LogP contribution is -2.20. The Hall–Kier alpha value is -5.65. The van der Waals surface area contributed by atoms with Crippen LogP contribution in [0.1, 0.15) is 33.5 Å². The molecule has 0 aliphatic carbocycles. The van der Waals surface area contributed by atoms with Crippen molar-refractivity contribution in [3.8, 4) is 17.4 Å². The van der Waals surface area contributed by atoms with E-state index >= 15 is 0 Å². The summed E-state index contributed by atoms with van der Waals surface area (Å²) in [5.41, 5.74) is 6.43. The van der Waals surface area contributed by atoms with Crippen molar-refractivity contribution in [1.29, 1.82) is 0 Å². The van der Waals surface area contributed by atoms with Gasteiger partial charge in [0.2, 0.25) is 11.0 Å². The van der Waals surface area contributed by atoms with Crippen LogP contribution in [0.5, 0.6) is 5.88 Å². The number of anilines is 1. The van der Waals surface area contributed by atoms with Crippen LogP contribution in [-0.2, 0) is 0 Å². The molecule has 0 fully saturated rings. The molecular formula is C36H26N8OS2. The summed E-state index contributed by atoms with van der Waals surface area (Å²) in [6.45, 7) is 2.04. The zero-order chi connectivity index (χ0) is 31.5. The number of thiazole rings is 1. The van der Waals surface area contributed by atoms with Gasteiger partial charge in [-0.3, -0.25) is 4.57 Å². The van der Waals surface area contributed by atoms with Crippen molar-refractivity contribution >= 4 is 56.7 Å². The number of imidazole rings is 1. The zero-order valence-corrected chi connectivity index (χ0v) is 26.7. The SMILES string of the molecule is Cc1nn(-c2ccccc2)c(-n2cnc3ccccc32)c1C1CC(c2cccs2)=NN1c1nc(O)c(C=C2C=c3ccccc3=N2)s1.